The Bertz CT molecular complexity index is 422. The summed E-state index contributed by atoms with van der Waals surface area (Å²) in [6.07, 6.45) is -5.69. The molecule has 0 saturated carbocycles. The zero-order valence-electron chi connectivity index (χ0n) is 8.97. The first-order valence-electron chi connectivity index (χ1n) is 5.00. The van der Waals surface area contributed by atoms with Crippen molar-refractivity contribution >= 4 is 0 Å². The monoisotopic (exact) mass is 250 g/mol. The van der Waals surface area contributed by atoms with Gasteiger partial charge in [-0.15, -0.1) is 0 Å². The smallest absolute Gasteiger partial charge is 0.346 e. The lowest BCUT2D eigenvalue weighted by atomic mass is 10.0. The first kappa shape index (κ1) is 12.3. The van der Waals surface area contributed by atoms with Crippen LogP contribution in [0.25, 0.3) is 0 Å². The summed E-state index contributed by atoms with van der Waals surface area (Å²) in [7, 11) is 0. The average Bonchev–Trinajstić information content (AvgIpc) is 2.73. The highest BCUT2D eigenvalue weighted by Crippen LogP contribution is 2.39. The third-order valence-electron chi connectivity index (χ3n) is 2.59. The largest absolute Gasteiger partial charge is 0.417 e. The van der Waals surface area contributed by atoms with Crippen molar-refractivity contribution in [2.75, 3.05) is 13.2 Å². The molecule has 0 bridgehead atoms. The summed E-state index contributed by atoms with van der Waals surface area (Å²) < 4.78 is 61.8. The Labute approximate surface area is 95.1 Å². The molecule has 0 spiro atoms. The summed E-state index contributed by atoms with van der Waals surface area (Å²) >= 11 is 0. The molecule has 0 aliphatic carbocycles. The Balaban J connectivity index is 2.54. The predicted octanol–water partition coefficient (Wildman–Crippen LogP) is 3.20. The molecule has 17 heavy (non-hydrogen) atoms. The van der Waals surface area contributed by atoms with Crippen molar-refractivity contribution in [3.05, 3.63) is 34.6 Å². The lowest BCUT2D eigenvalue weighted by Crippen LogP contribution is -2.15. The number of halogens is 4. The van der Waals surface area contributed by atoms with E-state index in [9.17, 15) is 17.6 Å². The molecule has 1 aliphatic rings. The molecule has 1 aliphatic heterocycles. The topological polar surface area (TPSA) is 18.5 Å². The highest BCUT2D eigenvalue weighted by Gasteiger charge is 2.39. The van der Waals surface area contributed by atoms with Gasteiger partial charge in [0.2, 0.25) is 0 Å². The summed E-state index contributed by atoms with van der Waals surface area (Å²) in [6.45, 7) is 1.56. The molecular formula is C11H10F4O2. The standard InChI is InChI=1S/C11H10F4O2/c1-6-8(12)3-2-7(9(6)11(13,14)15)10-16-4-5-17-10/h2-3,10H,4-5H2,1H3. The summed E-state index contributed by atoms with van der Waals surface area (Å²) in [4.78, 5) is 0. The zero-order chi connectivity index (χ0) is 12.6. The van der Waals surface area contributed by atoms with Crippen LogP contribution in [0.15, 0.2) is 12.1 Å². The summed E-state index contributed by atoms with van der Waals surface area (Å²) in [6, 6.07) is 2.05. The van der Waals surface area contributed by atoms with Crippen LogP contribution in [0.1, 0.15) is 23.0 Å². The maximum absolute atomic E-state index is 13.2. The van der Waals surface area contributed by atoms with Crippen molar-refractivity contribution in [3.8, 4) is 0 Å². The highest BCUT2D eigenvalue weighted by atomic mass is 19.4. The molecule has 1 aromatic rings. The lowest BCUT2D eigenvalue weighted by molar-refractivity contribution is -0.143. The Kier molecular flexibility index (Phi) is 3.09. The average molecular weight is 250 g/mol. The maximum Gasteiger partial charge on any atom is 0.417 e. The van der Waals surface area contributed by atoms with Gasteiger partial charge in [0, 0.05) is 5.56 Å². The van der Waals surface area contributed by atoms with Gasteiger partial charge in [-0.1, -0.05) is 6.07 Å². The minimum atomic E-state index is -4.63. The van der Waals surface area contributed by atoms with Crippen LogP contribution in [-0.2, 0) is 15.7 Å². The molecule has 0 radical (unpaired) electrons. The van der Waals surface area contributed by atoms with E-state index in [0.717, 1.165) is 19.1 Å². The Morgan fingerprint density at radius 2 is 1.76 bits per heavy atom. The Morgan fingerprint density at radius 3 is 2.29 bits per heavy atom. The minimum absolute atomic E-state index is 0.172. The second kappa shape index (κ2) is 4.27. The third-order valence-corrected chi connectivity index (χ3v) is 2.59. The van der Waals surface area contributed by atoms with Gasteiger partial charge >= 0.3 is 6.18 Å². The SMILES string of the molecule is Cc1c(F)ccc(C2OCCO2)c1C(F)(F)F. The van der Waals surface area contributed by atoms with Crippen LogP contribution in [0.5, 0.6) is 0 Å². The van der Waals surface area contributed by atoms with E-state index in [1.165, 1.54) is 0 Å². The molecule has 0 atom stereocenters. The fourth-order valence-corrected chi connectivity index (χ4v) is 1.82. The second-order valence-corrected chi connectivity index (χ2v) is 3.71. The van der Waals surface area contributed by atoms with Crippen molar-refractivity contribution in [1.82, 2.24) is 0 Å². The van der Waals surface area contributed by atoms with Crippen LogP contribution in [0.4, 0.5) is 17.6 Å². The van der Waals surface area contributed by atoms with Gasteiger partial charge in [-0.25, -0.2) is 4.39 Å². The summed E-state index contributed by atoms with van der Waals surface area (Å²) in [5, 5.41) is 0. The van der Waals surface area contributed by atoms with Crippen molar-refractivity contribution < 1.29 is 27.0 Å². The molecule has 0 unspecified atom stereocenters. The molecule has 6 heteroatoms. The van der Waals surface area contributed by atoms with Crippen LogP contribution in [0.3, 0.4) is 0 Å². The van der Waals surface area contributed by atoms with Gasteiger partial charge < -0.3 is 9.47 Å². The van der Waals surface area contributed by atoms with Crippen molar-refractivity contribution in [2.45, 2.75) is 19.4 Å². The second-order valence-electron chi connectivity index (χ2n) is 3.71. The van der Waals surface area contributed by atoms with Crippen LogP contribution < -0.4 is 0 Å². The zero-order valence-corrected chi connectivity index (χ0v) is 8.97. The summed E-state index contributed by atoms with van der Waals surface area (Å²) in [5.74, 6) is -0.890. The van der Waals surface area contributed by atoms with E-state index in [1.807, 2.05) is 0 Å². The molecule has 0 amide bonds. The van der Waals surface area contributed by atoms with Crippen molar-refractivity contribution in [2.24, 2.45) is 0 Å². The molecule has 1 heterocycles. The van der Waals surface area contributed by atoms with Gasteiger partial charge in [0.15, 0.2) is 6.29 Å². The number of alkyl halides is 3. The molecule has 94 valence electrons. The quantitative estimate of drug-likeness (QED) is 0.712. The van der Waals surface area contributed by atoms with Gasteiger partial charge in [0.05, 0.1) is 18.8 Å². The molecule has 1 aromatic carbocycles. The molecule has 0 N–H and O–H groups in total. The molecule has 0 aromatic heterocycles. The molecular weight excluding hydrogens is 240 g/mol. The first-order chi connectivity index (χ1) is 7.91. The van der Waals surface area contributed by atoms with Crippen molar-refractivity contribution in [1.29, 1.82) is 0 Å². The van der Waals surface area contributed by atoms with E-state index in [4.69, 9.17) is 9.47 Å². The molecule has 2 nitrogen and oxygen atoms in total. The van der Waals surface area contributed by atoms with Crippen molar-refractivity contribution in [3.63, 3.8) is 0 Å². The molecule has 1 saturated heterocycles. The van der Waals surface area contributed by atoms with E-state index in [1.54, 1.807) is 0 Å². The number of ether oxygens (including phenoxy) is 2. The highest BCUT2D eigenvalue weighted by molar-refractivity contribution is 5.38. The number of rotatable bonds is 1. The summed E-state index contributed by atoms with van der Waals surface area (Å²) in [5.41, 5.74) is -1.62. The Hall–Kier alpha value is -1.14. The maximum atomic E-state index is 13.2. The molecule has 1 fully saturated rings. The third kappa shape index (κ3) is 2.28. The van der Waals surface area contributed by atoms with Crippen LogP contribution >= 0.6 is 0 Å². The van der Waals surface area contributed by atoms with Gasteiger partial charge in [-0.3, -0.25) is 0 Å². The minimum Gasteiger partial charge on any atom is -0.346 e. The number of hydrogen-bond donors (Lipinski definition) is 0. The van der Waals surface area contributed by atoms with Gasteiger partial charge in [-0.2, -0.15) is 13.2 Å². The van der Waals surface area contributed by atoms with Crippen LogP contribution in [0, 0.1) is 12.7 Å². The lowest BCUT2D eigenvalue weighted by Gasteiger charge is -2.19. The van der Waals surface area contributed by atoms with E-state index >= 15 is 0 Å². The van der Waals surface area contributed by atoms with Crippen LogP contribution in [0.2, 0.25) is 0 Å². The van der Waals surface area contributed by atoms with E-state index < -0.39 is 29.4 Å². The fraction of sp³-hybridized carbons (Fsp3) is 0.455. The van der Waals surface area contributed by atoms with E-state index in [2.05, 4.69) is 0 Å². The number of hydrogen-bond acceptors (Lipinski definition) is 2. The van der Waals surface area contributed by atoms with E-state index in [-0.39, 0.29) is 18.8 Å². The van der Waals surface area contributed by atoms with E-state index in [0.29, 0.717) is 0 Å². The number of benzene rings is 1. The molecule has 2 rings (SSSR count). The van der Waals surface area contributed by atoms with Crippen LogP contribution in [-0.4, -0.2) is 13.2 Å². The normalized spacial score (nSPS) is 17.7. The first-order valence-corrected chi connectivity index (χ1v) is 5.00. The fourth-order valence-electron chi connectivity index (χ4n) is 1.82. The van der Waals surface area contributed by atoms with Gasteiger partial charge in [0.1, 0.15) is 5.82 Å². The van der Waals surface area contributed by atoms with Gasteiger partial charge in [-0.05, 0) is 18.6 Å². The Morgan fingerprint density at radius 1 is 1.18 bits per heavy atom. The van der Waals surface area contributed by atoms with Gasteiger partial charge in [0.25, 0.3) is 0 Å². The predicted molar refractivity (Wildman–Crippen MR) is 50.8 cm³/mol.